The predicted octanol–water partition coefficient (Wildman–Crippen LogP) is 5.12. The molecule has 0 aromatic heterocycles. The number of alkyl halides is 1. The molecule has 2 aromatic rings. The molecule has 5 nitrogen and oxygen atoms in total. The summed E-state index contributed by atoms with van der Waals surface area (Å²) >= 11 is 12.9. The fraction of sp³-hybridized carbons (Fsp3) is 0.158. The lowest BCUT2D eigenvalue weighted by Crippen LogP contribution is -2.19. The van der Waals surface area contributed by atoms with Gasteiger partial charge in [-0.3, -0.25) is 4.79 Å². The Morgan fingerprint density at radius 2 is 2.11 bits per heavy atom. The third kappa shape index (κ3) is 4.54. The molecular weight excluding hydrogens is 503 g/mol. The van der Waals surface area contributed by atoms with Gasteiger partial charge in [0.05, 0.1) is 15.1 Å². The van der Waals surface area contributed by atoms with Crippen molar-refractivity contribution in [1.82, 2.24) is 0 Å². The smallest absolute Gasteiger partial charge is 0.341 e. The van der Waals surface area contributed by atoms with E-state index in [4.69, 9.17) is 26.2 Å². The number of hydrogen-bond donors (Lipinski definition) is 1. The van der Waals surface area contributed by atoms with Gasteiger partial charge in [-0.05, 0) is 57.4 Å². The number of carbonyl (C=O) groups is 2. The number of hydrogen-bond acceptors (Lipinski definition) is 4. The van der Waals surface area contributed by atoms with Gasteiger partial charge < -0.3 is 14.6 Å². The molecule has 0 unspecified atom stereocenters. The summed E-state index contributed by atoms with van der Waals surface area (Å²) in [7, 11) is 0. The molecular formula is C19H13Br2ClO5. The third-order valence-corrected chi connectivity index (χ3v) is 5.36. The molecule has 0 spiro atoms. The van der Waals surface area contributed by atoms with Gasteiger partial charge >= 0.3 is 5.97 Å². The first kappa shape index (κ1) is 19.9. The number of Topliss-reactive ketones (excluding diaryl/α,β-unsaturated/α-hetero) is 1. The Labute approximate surface area is 177 Å². The van der Waals surface area contributed by atoms with E-state index in [1.165, 1.54) is 0 Å². The number of carboxylic acids is 1. The van der Waals surface area contributed by atoms with E-state index >= 15 is 0 Å². The average molecular weight is 517 g/mol. The first-order chi connectivity index (χ1) is 12.9. The molecule has 0 saturated carbocycles. The monoisotopic (exact) mass is 514 g/mol. The second-order valence-electron chi connectivity index (χ2n) is 5.75. The number of aliphatic carboxylic acids is 1. The van der Waals surface area contributed by atoms with Crippen LogP contribution in [0.15, 0.2) is 40.4 Å². The van der Waals surface area contributed by atoms with Crippen LogP contribution < -0.4 is 9.47 Å². The van der Waals surface area contributed by atoms with Crippen molar-refractivity contribution >= 4 is 61.3 Å². The van der Waals surface area contributed by atoms with Crippen LogP contribution in [0, 0.1) is 0 Å². The van der Waals surface area contributed by atoms with Crippen LogP contribution in [0.5, 0.6) is 11.5 Å². The summed E-state index contributed by atoms with van der Waals surface area (Å²) in [6.07, 6.45) is 1.68. The van der Waals surface area contributed by atoms with Gasteiger partial charge in [-0.1, -0.05) is 33.6 Å². The largest absolute Gasteiger partial charge is 0.487 e. The molecule has 1 aliphatic heterocycles. The standard InChI is InChI=1S/C19H13Br2ClO5/c20-7-11-4-13-18(25)12(8-27-19(13)14(21)5-11)3-10-1-2-15(22)16(6-10)26-9-17(23)24/h1-6H,7-9H2,(H,23,24). The topological polar surface area (TPSA) is 72.8 Å². The van der Waals surface area contributed by atoms with Crippen LogP contribution in [0.4, 0.5) is 0 Å². The second-order valence-corrected chi connectivity index (χ2v) is 7.57. The van der Waals surface area contributed by atoms with Crippen molar-refractivity contribution in [3.8, 4) is 11.5 Å². The lowest BCUT2D eigenvalue weighted by molar-refractivity contribution is -0.139. The van der Waals surface area contributed by atoms with Crippen molar-refractivity contribution in [2.45, 2.75) is 5.33 Å². The zero-order valence-corrected chi connectivity index (χ0v) is 17.7. The quantitative estimate of drug-likeness (QED) is 0.441. The number of fused-ring (bicyclic) bond motifs is 1. The van der Waals surface area contributed by atoms with Gasteiger partial charge in [0.2, 0.25) is 0 Å². The van der Waals surface area contributed by atoms with Crippen LogP contribution in [0.25, 0.3) is 6.08 Å². The van der Waals surface area contributed by atoms with E-state index in [2.05, 4.69) is 31.9 Å². The third-order valence-electron chi connectivity index (χ3n) is 3.81. The highest BCUT2D eigenvalue weighted by molar-refractivity contribution is 9.10. The fourth-order valence-corrected chi connectivity index (χ4v) is 3.72. The maximum absolute atomic E-state index is 12.9. The summed E-state index contributed by atoms with van der Waals surface area (Å²) in [5.41, 5.74) is 2.58. The minimum atomic E-state index is -1.10. The highest BCUT2D eigenvalue weighted by Crippen LogP contribution is 2.37. The Bertz CT molecular complexity index is 955. The molecule has 0 bridgehead atoms. The minimum Gasteiger partial charge on any atom is -0.487 e. The zero-order chi connectivity index (χ0) is 19.6. The molecule has 8 heteroatoms. The van der Waals surface area contributed by atoms with Crippen molar-refractivity contribution in [1.29, 1.82) is 0 Å². The average Bonchev–Trinajstić information content (AvgIpc) is 2.64. The van der Waals surface area contributed by atoms with Crippen LogP contribution in [0.1, 0.15) is 21.5 Å². The molecule has 0 saturated heterocycles. The SMILES string of the molecule is O=C(O)COc1cc(C=C2COc3c(Br)cc(CBr)cc3C2=O)ccc1Cl. The number of ether oxygens (including phenoxy) is 2. The van der Waals surface area contributed by atoms with Crippen LogP contribution in [0.2, 0.25) is 5.02 Å². The van der Waals surface area contributed by atoms with Crippen molar-refractivity contribution in [2.24, 2.45) is 0 Å². The van der Waals surface area contributed by atoms with Gasteiger partial charge in [-0.2, -0.15) is 0 Å². The van der Waals surface area contributed by atoms with E-state index in [0.29, 0.717) is 32.8 Å². The highest BCUT2D eigenvalue weighted by Gasteiger charge is 2.26. The van der Waals surface area contributed by atoms with E-state index in [-0.39, 0.29) is 18.1 Å². The Morgan fingerprint density at radius 1 is 1.33 bits per heavy atom. The number of rotatable bonds is 5. The molecule has 1 N–H and O–H groups in total. The summed E-state index contributed by atoms with van der Waals surface area (Å²) in [6, 6.07) is 8.60. The van der Waals surface area contributed by atoms with E-state index in [1.807, 2.05) is 6.07 Å². The van der Waals surface area contributed by atoms with Crippen molar-refractivity contribution < 1.29 is 24.2 Å². The molecule has 27 heavy (non-hydrogen) atoms. The Hall–Kier alpha value is -1.83. The normalized spacial score (nSPS) is 14.6. The highest BCUT2D eigenvalue weighted by atomic mass is 79.9. The molecule has 0 atom stereocenters. The van der Waals surface area contributed by atoms with Crippen molar-refractivity contribution in [3.63, 3.8) is 0 Å². The van der Waals surface area contributed by atoms with E-state index in [1.54, 1.807) is 30.3 Å². The predicted molar refractivity (Wildman–Crippen MR) is 109 cm³/mol. The van der Waals surface area contributed by atoms with Crippen molar-refractivity contribution in [3.05, 3.63) is 62.1 Å². The van der Waals surface area contributed by atoms with Gasteiger partial charge in [0.1, 0.15) is 18.1 Å². The van der Waals surface area contributed by atoms with Crippen LogP contribution >= 0.6 is 43.5 Å². The maximum Gasteiger partial charge on any atom is 0.341 e. The van der Waals surface area contributed by atoms with E-state index < -0.39 is 12.6 Å². The molecule has 0 aliphatic carbocycles. The first-order valence-corrected chi connectivity index (χ1v) is 10.1. The Balaban J connectivity index is 1.92. The summed E-state index contributed by atoms with van der Waals surface area (Å²) in [4.78, 5) is 23.6. The molecule has 0 amide bonds. The van der Waals surface area contributed by atoms with Gasteiger partial charge in [-0.25, -0.2) is 4.79 Å². The molecule has 1 heterocycles. The number of carboxylic acid groups (broad SMARTS) is 1. The molecule has 0 fully saturated rings. The van der Waals surface area contributed by atoms with Gasteiger partial charge in [0.15, 0.2) is 12.4 Å². The molecule has 3 rings (SSSR count). The van der Waals surface area contributed by atoms with E-state index in [0.717, 1.165) is 10.0 Å². The van der Waals surface area contributed by atoms with Gasteiger partial charge in [0, 0.05) is 10.9 Å². The van der Waals surface area contributed by atoms with Crippen LogP contribution in [-0.2, 0) is 10.1 Å². The summed E-state index contributed by atoms with van der Waals surface area (Å²) in [5, 5.41) is 9.65. The fourth-order valence-electron chi connectivity index (χ4n) is 2.60. The molecule has 1 aliphatic rings. The Kier molecular flexibility index (Phi) is 6.24. The zero-order valence-electron chi connectivity index (χ0n) is 13.8. The molecule has 2 aromatic carbocycles. The number of ketones is 1. The summed E-state index contributed by atoms with van der Waals surface area (Å²) < 4.78 is 11.7. The lowest BCUT2D eigenvalue weighted by Gasteiger charge is -2.21. The maximum atomic E-state index is 12.9. The van der Waals surface area contributed by atoms with Crippen molar-refractivity contribution in [2.75, 3.05) is 13.2 Å². The van der Waals surface area contributed by atoms with Crippen LogP contribution in [-0.4, -0.2) is 30.1 Å². The lowest BCUT2D eigenvalue weighted by atomic mass is 9.97. The van der Waals surface area contributed by atoms with Gasteiger partial charge in [0.25, 0.3) is 0 Å². The first-order valence-electron chi connectivity index (χ1n) is 7.79. The number of benzene rings is 2. The summed E-state index contributed by atoms with van der Waals surface area (Å²) in [6.45, 7) is -0.370. The Morgan fingerprint density at radius 3 is 2.81 bits per heavy atom. The number of halogens is 3. The second kappa shape index (κ2) is 8.46. The summed E-state index contributed by atoms with van der Waals surface area (Å²) in [5.74, 6) is -0.455. The van der Waals surface area contributed by atoms with Crippen LogP contribution in [0.3, 0.4) is 0 Å². The molecule has 140 valence electrons. The number of carbonyl (C=O) groups excluding carboxylic acids is 1. The molecule has 0 radical (unpaired) electrons. The van der Waals surface area contributed by atoms with E-state index in [9.17, 15) is 9.59 Å². The van der Waals surface area contributed by atoms with Gasteiger partial charge in [-0.15, -0.1) is 0 Å². The minimum absolute atomic E-state index is 0.122.